The minimum absolute atomic E-state index is 0.822. The van der Waals surface area contributed by atoms with Gasteiger partial charge in [0.2, 0.25) is 0 Å². The Balaban J connectivity index is 0.000000124. The molecule has 5 heteroatoms. The fraction of sp³-hybridized carbons (Fsp3) is 0. The number of hydrogen-bond acceptors (Lipinski definition) is 4. The van der Waals surface area contributed by atoms with Crippen LogP contribution in [0.25, 0.3) is 43.9 Å². The number of hydrogen-bond donors (Lipinski definition) is 2. The maximum Gasteiger partial charge on any atom is 0.135 e. The number of benzene rings is 6. The number of fused-ring (bicyclic) bond motifs is 6. The average molecular weight is 647 g/mol. The van der Waals surface area contributed by atoms with E-state index in [2.05, 4.69) is 70.4 Å². The van der Waals surface area contributed by atoms with Crippen LogP contribution in [-0.2, 0) is 0 Å². The van der Waals surface area contributed by atoms with E-state index in [1.807, 2.05) is 103 Å². The number of para-hydroxylation sites is 4. The molecule has 8 aromatic rings. The van der Waals surface area contributed by atoms with Gasteiger partial charge in [-0.1, -0.05) is 72.8 Å². The molecule has 4 nitrogen and oxygen atoms in total. The van der Waals surface area contributed by atoms with Gasteiger partial charge < -0.3 is 19.9 Å². The molecule has 2 heterocycles. The maximum atomic E-state index is 5.83. The Morgan fingerprint density at radius 2 is 0.927 bits per heavy atom. The first-order valence-corrected chi connectivity index (χ1v) is 14.3. The second kappa shape index (κ2) is 12.2. The van der Waals surface area contributed by atoms with Crippen LogP contribution in [0.3, 0.4) is 0 Å². The van der Waals surface area contributed by atoms with E-state index in [1.54, 1.807) is 0 Å². The van der Waals surface area contributed by atoms with Gasteiger partial charge >= 0.3 is 0 Å². The molecule has 0 aliphatic rings. The quantitative estimate of drug-likeness (QED) is 0.145. The first kappa shape index (κ1) is 26.5. The predicted molar refractivity (Wildman–Crippen MR) is 181 cm³/mol. The summed E-state index contributed by atoms with van der Waals surface area (Å²) in [6.45, 7) is 0. The summed E-state index contributed by atoms with van der Waals surface area (Å²) in [7, 11) is 0. The van der Waals surface area contributed by atoms with Gasteiger partial charge in [-0.2, -0.15) is 0 Å². The molecule has 0 amide bonds. The standard InChI is InChI=1S/C18H13NO.C12H7IO.C6H7N/c1-2-6-13(7-3-1)19-14-10-11-18-16(12-14)15-8-4-5-9-17(15)20-18;13-8-5-6-12-10(7-8)9-3-1-2-4-11(9)14-12;7-6-4-2-1-3-5-6/h1-12,19H;1-7H;1-5H,7H2. The molecule has 3 N–H and O–H groups in total. The highest BCUT2D eigenvalue weighted by molar-refractivity contribution is 14.1. The second-order valence-corrected chi connectivity index (χ2v) is 10.7. The van der Waals surface area contributed by atoms with Gasteiger partial charge in [-0.3, -0.25) is 0 Å². The van der Waals surface area contributed by atoms with Crippen molar-refractivity contribution in [3.05, 3.63) is 149 Å². The van der Waals surface area contributed by atoms with Gasteiger partial charge in [0.15, 0.2) is 0 Å². The fourth-order valence-electron chi connectivity index (χ4n) is 4.64. The maximum absolute atomic E-state index is 5.83. The topological polar surface area (TPSA) is 64.3 Å². The molecule has 6 aromatic carbocycles. The van der Waals surface area contributed by atoms with Gasteiger partial charge in [0.25, 0.3) is 0 Å². The van der Waals surface area contributed by atoms with E-state index in [4.69, 9.17) is 14.6 Å². The van der Waals surface area contributed by atoms with Gasteiger partial charge in [0.05, 0.1) is 0 Å². The molecule has 0 spiro atoms. The van der Waals surface area contributed by atoms with Crippen LogP contribution in [0.4, 0.5) is 17.1 Å². The molecule has 0 bridgehead atoms. The number of nitrogens with two attached hydrogens (primary N) is 1. The molecular formula is C36H27IN2O2. The van der Waals surface area contributed by atoms with E-state index < -0.39 is 0 Å². The molecule has 2 aromatic heterocycles. The summed E-state index contributed by atoms with van der Waals surface area (Å²) in [6, 6.07) is 48.3. The van der Waals surface area contributed by atoms with Crippen molar-refractivity contribution in [2.24, 2.45) is 0 Å². The van der Waals surface area contributed by atoms with Gasteiger partial charge in [0.1, 0.15) is 22.3 Å². The monoisotopic (exact) mass is 646 g/mol. The number of halogens is 1. The number of nitrogen functional groups attached to an aromatic ring is 1. The van der Waals surface area contributed by atoms with Crippen molar-refractivity contribution in [1.82, 2.24) is 0 Å². The zero-order valence-electron chi connectivity index (χ0n) is 22.1. The number of rotatable bonds is 2. The first-order valence-electron chi connectivity index (χ1n) is 13.2. The molecule has 0 atom stereocenters. The lowest BCUT2D eigenvalue weighted by molar-refractivity contribution is 0.668. The summed E-state index contributed by atoms with van der Waals surface area (Å²) >= 11 is 2.32. The summed E-state index contributed by atoms with van der Waals surface area (Å²) in [5, 5.41) is 8.10. The van der Waals surface area contributed by atoms with Gasteiger partial charge in [-0.05, 0) is 95.4 Å². The minimum Gasteiger partial charge on any atom is -0.456 e. The van der Waals surface area contributed by atoms with Crippen LogP contribution in [0.2, 0.25) is 0 Å². The Bertz CT molecular complexity index is 2050. The van der Waals surface area contributed by atoms with Gasteiger partial charge in [-0.25, -0.2) is 0 Å². The lowest BCUT2D eigenvalue weighted by Crippen LogP contribution is -1.88. The Hall–Kier alpha value is -4.75. The molecule has 0 aliphatic heterocycles. The molecule has 41 heavy (non-hydrogen) atoms. The molecule has 0 fully saturated rings. The van der Waals surface area contributed by atoms with E-state index in [0.29, 0.717) is 0 Å². The van der Waals surface area contributed by atoms with E-state index >= 15 is 0 Å². The van der Waals surface area contributed by atoms with E-state index in [1.165, 1.54) is 14.3 Å². The zero-order valence-corrected chi connectivity index (χ0v) is 24.3. The molecule has 0 saturated carbocycles. The van der Waals surface area contributed by atoms with Crippen LogP contribution in [0.1, 0.15) is 0 Å². The molecular weight excluding hydrogens is 619 g/mol. The van der Waals surface area contributed by atoms with Crippen molar-refractivity contribution in [2.45, 2.75) is 0 Å². The Morgan fingerprint density at radius 3 is 1.51 bits per heavy atom. The van der Waals surface area contributed by atoms with Gasteiger partial charge in [-0.15, -0.1) is 0 Å². The Kier molecular flexibility index (Phi) is 7.87. The summed E-state index contributed by atoms with van der Waals surface area (Å²) in [5.74, 6) is 0. The smallest absolute Gasteiger partial charge is 0.135 e. The van der Waals surface area contributed by atoms with Crippen LogP contribution in [0.5, 0.6) is 0 Å². The predicted octanol–water partition coefficient (Wildman–Crippen LogP) is 10.8. The fourth-order valence-corrected chi connectivity index (χ4v) is 5.13. The van der Waals surface area contributed by atoms with Crippen LogP contribution in [-0.4, -0.2) is 0 Å². The summed E-state index contributed by atoms with van der Waals surface area (Å²) < 4.78 is 12.8. The molecule has 8 rings (SSSR count). The van der Waals surface area contributed by atoms with E-state index in [9.17, 15) is 0 Å². The van der Waals surface area contributed by atoms with Crippen LogP contribution < -0.4 is 11.1 Å². The molecule has 0 radical (unpaired) electrons. The van der Waals surface area contributed by atoms with Crippen molar-refractivity contribution in [3.8, 4) is 0 Å². The third-order valence-electron chi connectivity index (χ3n) is 6.58. The van der Waals surface area contributed by atoms with Crippen molar-refractivity contribution in [3.63, 3.8) is 0 Å². The SMILES string of the molecule is Ic1ccc2oc3ccccc3c2c1.Nc1ccccc1.c1ccc(Nc2ccc3oc4ccccc4c3c2)cc1. The van der Waals surface area contributed by atoms with E-state index in [0.717, 1.165) is 50.2 Å². The summed E-state index contributed by atoms with van der Waals surface area (Å²) in [4.78, 5) is 0. The Morgan fingerprint density at radius 1 is 0.439 bits per heavy atom. The Labute approximate surface area is 251 Å². The first-order chi connectivity index (χ1) is 20.1. The zero-order chi connectivity index (χ0) is 28.0. The second-order valence-electron chi connectivity index (χ2n) is 9.45. The molecule has 0 unspecified atom stereocenters. The summed E-state index contributed by atoms with van der Waals surface area (Å²) in [5.41, 5.74) is 12.1. The average Bonchev–Trinajstić information content (AvgIpc) is 3.57. The highest BCUT2D eigenvalue weighted by atomic mass is 127. The van der Waals surface area contributed by atoms with Crippen molar-refractivity contribution >= 4 is 83.5 Å². The lowest BCUT2D eigenvalue weighted by Gasteiger charge is -2.05. The van der Waals surface area contributed by atoms with Crippen LogP contribution >= 0.6 is 22.6 Å². The van der Waals surface area contributed by atoms with Crippen molar-refractivity contribution in [1.29, 1.82) is 0 Å². The van der Waals surface area contributed by atoms with Gasteiger partial charge in [0, 0.05) is 42.2 Å². The largest absolute Gasteiger partial charge is 0.456 e. The number of nitrogens with one attached hydrogen (secondary N) is 1. The number of furan rings is 2. The summed E-state index contributed by atoms with van der Waals surface area (Å²) in [6.07, 6.45) is 0. The van der Waals surface area contributed by atoms with Crippen molar-refractivity contribution < 1.29 is 8.83 Å². The third-order valence-corrected chi connectivity index (χ3v) is 7.25. The lowest BCUT2D eigenvalue weighted by atomic mass is 10.1. The highest BCUT2D eigenvalue weighted by Crippen LogP contribution is 2.31. The normalized spacial score (nSPS) is 10.7. The molecule has 0 saturated heterocycles. The van der Waals surface area contributed by atoms with Crippen LogP contribution in [0, 0.1) is 3.57 Å². The minimum atomic E-state index is 0.822. The van der Waals surface area contributed by atoms with Crippen LogP contribution in [0.15, 0.2) is 154 Å². The molecule has 0 aliphatic carbocycles. The molecule has 200 valence electrons. The number of anilines is 3. The third kappa shape index (κ3) is 6.21. The highest BCUT2D eigenvalue weighted by Gasteiger charge is 2.07. The van der Waals surface area contributed by atoms with Crippen molar-refractivity contribution in [2.75, 3.05) is 11.1 Å². The van der Waals surface area contributed by atoms with E-state index in [-0.39, 0.29) is 0 Å².